The summed E-state index contributed by atoms with van der Waals surface area (Å²) in [5.74, 6) is -0.869. The number of carbonyl (C=O) groups excluding carboxylic acids is 2. The first kappa shape index (κ1) is 53.1. The van der Waals surface area contributed by atoms with Gasteiger partial charge in [-0.15, -0.1) is 0 Å². The van der Waals surface area contributed by atoms with Crippen LogP contribution in [0.3, 0.4) is 0 Å². The average molecular weight is 766 g/mol. The molecule has 0 unspecified atom stereocenters. The number of hydrogen-bond acceptors (Lipinski definition) is 8. The van der Waals surface area contributed by atoms with E-state index in [4.69, 9.17) is 30.1 Å². The summed E-state index contributed by atoms with van der Waals surface area (Å²) in [4.78, 5) is 42.8. The Morgan fingerprint density at radius 2 is 0.808 bits per heavy atom. The first-order valence-corrected chi connectivity index (χ1v) is 23.1. The van der Waals surface area contributed by atoms with Crippen molar-refractivity contribution in [2.24, 2.45) is 5.73 Å². The second-order valence-corrected chi connectivity index (χ2v) is 15.7. The van der Waals surface area contributed by atoms with Gasteiger partial charge in [-0.05, 0) is 12.8 Å². The fourth-order valence-electron chi connectivity index (χ4n) is 6.08. The number of phosphoric ester groups is 1. The number of hydrogen-bond donors (Lipinski definition) is 4. The van der Waals surface area contributed by atoms with Gasteiger partial charge in [0.2, 0.25) is 0 Å². The van der Waals surface area contributed by atoms with Gasteiger partial charge in [0.15, 0.2) is 6.10 Å². The van der Waals surface area contributed by atoms with Crippen LogP contribution in [0, 0.1) is 0 Å². The van der Waals surface area contributed by atoms with E-state index >= 15 is 0 Å². The predicted octanol–water partition coefficient (Wildman–Crippen LogP) is 11.0. The van der Waals surface area contributed by atoms with Crippen LogP contribution >= 0.6 is 7.82 Å². The molecule has 0 saturated carbocycles. The number of nitrogens with two attached hydrogens (primary N) is 1. The molecule has 52 heavy (non-hydrogen) atoms. The van der Waals surface area contributed by atoms with Gasteiger partial charge in [0.25, 0.3) is 0 Å². The van der Waals surface area contributed by atoms with Crippen LogP contribution in [-0.2, 0) is 28.2 Å². The van der Waals surface area contributed by atoms with E-state index in [1.54, 1.807) is 0 Å². The van der Waals surface area contributed by atoms with Crippen molar-refractivity contribution < 1.29 is 43.0 Å². The zero-order chi connectivity index (χ0) is 38.8. The minimum atomic E-state index is -4.74. The van der Waals surface area contributed by atoms with Gasteiger partial charge in [0.05, 0.1) is 13.2 Å². The lowest BCUT2D eigenvalue weighted by molar-refractivity contribution is -0.161. The Balaban J connectivity index is 0. The van der Waals surface area contributed by atoms with E-state index in [2.05, 4.69) is 18.4 Å². The third kappa shape index (κ3) is 47.0. The van der Waals surface area contributed by atoms with E-state index < -0.39 is 32.5 Å². The van der Waals surface area contributed by atoms with Crippen molar-refractivity contribution in [3.63, 3.8) is 0 Å². The Bertz CT molecular complexity index is 794. The molecule has 0 fully saturated rings. The van der Waals surface area contributed by atoms with Gasteiger partial charge in [-0.2, -0.15) is 0 Å². The van der Waals surface area contributed by atoms with E-state index in [0.717, 1.165) is 32.1 Å². The summed E-state index contributed by atoms with van der Waals surface area (Å²) in [7, 11) is -4.74. The van der Waals surface area contributed by atoms with Crippen LogP contribution < -0.4 is 5.73 Å². The maximum Gasteiger partial charge on any atom is 0.469 e. The maximum atomic E-state index is 12.4. The molecule has 0 saturated heterocycles. The second-order valence-electron chi connectivity index (χ2n) is 14.5. The normalized spacial score (nSPS) is 12.0. The first-order chi connectivity index (χ1) is 25.2. The highest BCUT2D eigenvalue weighted by molar-refractivity contribution is 7.46. The van der Waals surface area contributed by atoms with Crippen molar-refractivity contribution in [2.75, 3.05) is 26.4 Å². The summed E-state index contributed by atoms with van der Waals surface area (Å²) in [5.41, 5.74) is 4.78. The lowest BCUT2D eigenvalue weighted by atomic mass is 10.0. The van der Waals surface area contributed by atoms with Crippen molar-refractivity contribution in [2.45, 2.75) is 225 Å². The van der Waals surface area contributed by atoms with Crippen LogP contribution in [0.1, 0.15) is 219 Å². The van der Waals surface area contributed by atoms with Crippen molar-refractivity contribution in [3.8, 4) is 0 Å². The summed E-state index contributed by atoms with van der Waals surface area (Å²) in [5, 5.41) is 7.75. The predicted molar refractivity (Wildman–Crippen MR) is 214 cm³/mol. The SMILES string of the molecule is CCCCCCCCCCCCCCCCCC(=O)OC[C@H](COP(=O)(O)O)OC(=O)CCCCCCCCCCCCCCCCC.NCCO. The largest absolute Gasteiger partial charge is 0.469 e. The fourth-order valence-corrected chi connectivity index (χ4v) is 6.44. The maximum absolute atomic E-state index is 12.4. The molecular formula is C41H84NO9P. The second kappa shape index (κ2) is 42.7. The summed E-state index contributed by atoms with van der Waals surface area (Å²) >= 11 is 0. The van der Waals surface area contributed by atoms with Gasteiger partial charge in [0, 0.05) is 19.4 Å². The Kier molecular flexibility index (Phi) is 43.6. The number of phosphoric acid groups is 1. The highest BCUT2D eigenvalue weighted by atomic mass is 31.2. The number of rotatable bonds is 39. The molecule has 5 N–H and O–H groups in total. The number of carbonyl (C=O) groups is 2. The number of aliphatic hydroxyl groups is 1. The molecule has 312 valence electrons. The number of esters is 2. The van der Waals surface area contributed by atoms with Crippen LogP contribution in [0.4, 0.5) is 0 Å². The topological polar surface area (TPSA) is 166 Å². The molecule has 0 heterocycles. The molecule has 11 heteroatoms. The number of aliphatic hydroxyl groups excluding tert-OH is 1. The molecule has 0 aromatic rings. The van der Waals surface area contributed by atoms with Crippen molar-refractivity contribution in [1.82, 2.24) is 0 Å². The molecule has 0 rings (SSSR count). The van der Waals surface area contributed by atoms with Gasteiger partial charge in [0.1, 0.15) is 6.61 Å². The van der Waals surface area contributed by atoms with Gasteiger partial charge in [-0.25, -0.2) is 4.57 Å². The van der Waals surface area contributed by atoms with E-state index in [1.807, 2.05) is 0 Å². The molecule has 0 aliphatic rings. The van der Waals surface area contributed by atoms with Crippen LogP contribution in [0.25, 0.3) is 0 Å². The van der Waals surface area contributed by atoms with Crippen molar-refractivity contribution in [1.29, 1.82) is 0 Å². The Morgan fingerprint density at radius 3 is 1.10 bits per heavy atom. The highest BCUT2D eigenvalue weighted by Crippen LogP contribution is 2.36. The molecule has 10 nitrogen and oxygen atoms in total. The van der Waals surface area contributed by atoms with Gasteiger partial charge in [-0.3, -0.25) is 14.1 Å². The Morgan fingerprint density at radius 1 is 0.519 bits per heavy atom. The van der Waals surface area contributed by atoms with E-state index in [-0.39, 0.29) is 26.1 Å². The third-order valence-electron chi connectivity index (χ3n) is 9.25. The van der Waals surface area contributed by atoms with Crippen LogP contribution in [0.15, 0.2) is 0 Å². The minimum Gasteiger partial charge on any atom is -0.462 e. The standard InChI is InChI=1S/C39H77O8P.C2H7NO/c1-3-5-7-9-11-13-15-17-19-21-23-25-27-29-31-33-38(40)45-35-37(36-46-48(42,43)44)47-39(41)34-32-30-28-26-24-22-20-18-16-14-12-10-8-6-4-2;3-1-2-4/h37H,3-36H2,1-2H3,(H2,42,43,44);4H,1-3H2/t37-;/m1./s1. The first-order valence-electron chi connectivity index (χ1n) is 21.6. The highest BCUT2D eigenvalue weighted by Gasteiger charge is 2.22. The molecule has 0 aromatic heterocycles. The molecule has 0 amide bonds. The monoisotopic (exact) mass is 766 g/mol. The molecule has 0 aliphatic carbocycles. The smallest absolute Gasteiger partial charge is 0.462 e. The lowest BCUT2D eigenvalue weighted by Crippen LogP contribution is -2.29. The van der Waals surface area contributed by atoms with E-state index in [1.165, 1.54) is 154 Å². The van der Waals surface area contributed by atoms with Gasteiger partial charge < -0.3 is 30.1 Å². The van der Waals surface area contributed by atoms with Gasteiger partial charge >= 0.3 is 19.8 Å². The number of unbranched alkanes of at least 4 members (excludes halogenated alkanes) is 28. The van der Waals surface area contributed by atoms with Crippen LogP contribution in [0.2, 0.25) is 0 Å². The molecule has 0 aromatic carbocycles. The van der Waals surface area contributed by atoms with Crippen molar-refractivity contribution in [3.05, 3.63) is 0 Å². The average Bonchev–Trinajstić information content (AvgIpc) is 3.12. The van der Waals surface area contributed by atoms with Crippen LogP contribution in [-0.4, -0.2) is 59.3 Å². The van der Waals surface area contributed by atoms with E-state index in [9.17, 15) is 14.2 Å². The van der Waals surface area contributed by atoms with E-state index in [0.29, 0.717) is 13.0 Å². The molecule has 0 aliphatic heterocycles. The zero-order valence-corrected chi connectivity index (χ0v) is 34.7. The van der Waals surface area contributed by atoms with Crippen molar-refractivity contribution >= 4 is 19.8 Å². The summed E-state index contributed by atoms with van der Waals surface area (Å²) in [6.07, 6.45) is 36.8. The zero-order valence-electron chi connectivity index (χ0n) is 33.8. The van der Waals surface area contributed by atoms with Gasteiger partial charge in [-0.1, -0.05) is 194 Å². The summed E-state index contributed by atoms with van der Waals surface area (Å²) in [6, 6.07) is 0. The quantitative estimate of drug-likeness (QED) is 0.0269. The Labute approximate surface area is 319 Å². The Hall–Kier alpha value is -1.03. The number of ether oxygens (including phenoxy) is 2. The third-order valence-corrected chi connectivity index (χ3v) is 9.74. The molecule has 1 atom stereocenters. The van der Waals surface area contributed by atoms with Crippen LogP contribution in [0.5, 0.6) is 0 Å². The molecule has 0 spiro atoms. The minimum absolute atomic E-state index is 0.0972. The molecule has 0 bridgehead atoms. The fraction of sp³-hybridized carbons (Fsp3) is 0.951. The molecular weight excluding hydrogens is 681 g/mol. The lowest BCUT2D eigenvalue weighted by Gasteiger charge is -2.18. The summed E-state index contributed by atoms with van der Waals surface area (Å²) < 4.78 is 26.4. The summed E-state index contributed by atoms with van der Waals surface area (Å²) in [6.45, 7) is 4.18. The molecule has 0 radical (unpaired) electrons.